The molecule has 1 amide bonds. The van der Waals surface area contributed by atoms with Crippen molar-refractivity contribution in [2.45, 2.75) is 32.4 Å². The van der Waals surface area contributed by atoms with Crippen molar-refractivity contribution in [3.05, 3.63) is 65.0 Å². The fraction of sp³-hybridized carbons (Fsp3) is 0.316. The van der Waals surface area contributed by atoms with Crippen molar-refractivity contribution in [3.63, 3.8) is 0 Å². The molecular formula is C19H22FNO3. The minimum Gasteiger partial charge on any atom is -0.497 e. The minimum absolute atomic E-state index is 0.200. The van der Waals surface area contributed by atoms with Gasteiger partial charge < -0.3 is 15.2 Å². The van der Waals surface area contributed by atoms with Crippen molar-refractivity contribution < 1.29 is 19.0 Å². The van der Waals surface area contributed by atoms with Crippen molar-refractivity contribution in [2.75, 3.05) is 7.11 Å². The lowest BCUT2D eigenvalue weighted by atomic mass is 10.0. The number of rotatable bonds is 6. The Kier molecular flexibility index (Phi) is 5.93. The topological polar surface area (TPSA) is 58.6 Å². The second kappa shape index (κ2) is 7.93. The van der Waals surface area contributed by atoms with Crippen LogP contribution in [0.5, 0.6) is 5.75 Å². The maximum Gasteiger partial charge on any atom is 0.251 e. The van der Waals surface area contributed by atoms with Crippen molar-refractivity contribution >= 4 is 5.91 Å². The molecule has 0 saturated carbocycles. The van der Waals surface area contributed by atoms with Crippen LogP contribution in [0.15, 0.2) is 42.5 Å². The van der Waals surface area contributed by atoms with E-state index in [1.807, 2.05) is 13.8 Å². The number of aliphatic hydroxyl groups is 1. The van der Waals surface area contributed by atoms with E-state index in [9.17, 15) is 14.3 Å². The lowest BCUT2D eigenvalue weighted by molar-refractivity contribution is 0.0916. The smallest absolute Gasteiger partial charge is 0.251 e. The molecule has 0 aromatic heterocycles. The maximum atomic E-state index is 12.9. The van der Waals surface area contributed by atoms with Crippen LogP contribution in [0.3, 0.4) is 0 Å². The molecule has 2 aromatic rings. The SMILES string of the molecule is COc1ccc(C(=O)NC(C)CC(O)c2ccc(F)cc2)c(C)c1. The summed E-state index contributed by atoms with van der Waals surface area (Å²) in [5, 5.41) is 13.1. The van der Waals surface area contributed by atoms with Crippen LogP contribution in [-0.2, 0) is 0 Å². The van der Waals surface area contributed by atoms with E-state index in [1.54, 1.807) is 37.4 Å². The second-order valence-corrected chi connectivity index (χ2v) is 5.86. The number of hydrogen-bond donors (Lipinski definition) is 2. The summed E-state index contributed by atoms with van der Waals surface area (Å²) in [5.41, 5.74) is 2.01. The molecular weight excluding hydrogens is 309 g/mol. The van der Waals surface area contributed by atoms with E-state index in [0.29, 0.717) is 23.3 Å². The first-order valence-electron chi connectivity index (χ1n) is 7.79. The van der Waals surface area contributed by atoms with E-state index in [1.165, 1.54) is 12.1 Å². The molecule has 0 radical (unpaired) electrons. The molecule has 0 aliphatic rings. The van der Waals surface area contributed by atoms with Crippen molar-refractivity contribution in [1.82, 2.24) is 5.32 Å². The van der Waals surface area contributed by atoms with Crippen LogP contribution in [0.2, 0.25) is 0 Å². The van der Waals surface area contributed by atoms with Gasteiger partial charge in [-0.2, -0.15) is 0 Å². The molecule has 2 atom stereocenters. The number of nitrogens with one attached hydrogen (secondary N) is 1. The van der Waals surface area contributed by atoms with Gasteiger partial charge >= 0.3 is 0 Å². The molecule has 24 heavy (non-hydrogen) atoms. The fourth-order valence-corrected chi connectivity index (χ4v) is 2.53. The molecule has 0 aliphatic heterocycles. The molecule has 0 fully saturated rings. The van der Waals surface area contributed by atoms with Crippen molar-refractivity contribution in [1.29, 1.82) is 0 Å². The Labute approximate surface area is 141 Å². The van der Waals surface area contributed by atoms with Gasteiger partial charge in [-0.05, 0) is 61.7 Å². The summed E-state index contributed by atoms with van der Waals surface area (Å²) in [6, 6.07) is 10.7. The zero-order valence-corrected chi connectivity index (χ0v) is 14.0. The Morgan fingerprint density at radius 1 is 1.25 bits per heavy atom. The summed E-state index contributed by atoms with van der Waals surface area (Å²) in [5.74, 6) is 0.153. The Bertz CT molecular complexity index is 700. The number of aryl methyl sites for hydroxylation is 1. The monoisotopic (exact) mass is 331 g/mol. The van der Waals surface area contributed by atoms with E-state index in [-0.39, 0.29) is 17.8 Å². The first-order chi connectivity index (χ1) is 11.4. The van der Waals surface area contributed by atoms with Crippen LogP contribution in [-0.4, -0.2) is 24.2 Å². The lowest BCUT2D eigenvalue weighted by Gasteiger charge is -2.19. The van der Waals surface area contributed by atoms with Gasteiger partial charge in [-0.15, -0.1) is 0 Å². The Morgan fingerprint density at radius 2 is 1.92 bits per heavy atom. The number of amides is 1. The standard InChI is InChI=1S/C19H22FNO3/c1-12-10-16(24-3)8-9-17(12)19(23)21-13(2)11-18(22)14-4-6-15(20)7-5-14/h4-10,13,18,22H,11H2,1-3H3,(H,21,23). The fourth-order valence-electron chi connectivity index (χ4n) is 2.53. The predicted molar refractivity (Wildman–Crippen MR) is 90.6 cm³/mol. The number of methoxy groups -OCH3 is 1. The Hall–Kier alpha value is -2.40. The number of carbonyl (C=O) groups excluding carboxylic acids is 1. The van der Waals surface area contributed by atoms with Crippen molar-refractivity contribution in [2.24, 2.45) is 0 Å². The van der Waals surface area contributed by atoms with Crippen LogP contribution < -0.4 is 10.1 Å². The van der Waals surface area contributed by atoms with E-state index in [4.69, 9.17) is 4.74 Å². The van der Waals surface area contributed by atoms with E-state index in [0.717, 1.165) is 5.56 Å². The van der Waals surface area contributed by atoms with Crippen LogP contribution >= 0.6 is 0 Å². The first kappa shape index (κ1) is 17.9. The van der Waals surface area contributed by atoms with Gasteiger partial charge in [0.05, 0.1) is 13.2 Å². The van der Waals surface area contributed by atoms with Gasteiger partial charge in [0, 0.05) is 11.6 Å². The second-order valence-electron chi connectivity index (χ2n) is 5.86. The van der Waals surface area contributed by atoms with E-state index >= 15 is 0 Å². The van der Waals surface area contributed by atoms with Crippen LogP contribution in [0, 0.1) is 12.7 Å². The third kappa shape index (κ3) is 4.55. The third-order valence-electron chi connectivity index (χ3n) is 3.89. The van der Waals surface area contributed by atoms with Gasteiger partial charge in [0.15, 0.2) is 0 Å². The van der Waals surface area contributed by atoms with Gasteiger partial charge in [-0.3, -0.25) is 4.79 Å². The first-order valence-corrected chi connectivity index (χ1v) is 7.79. The molecule has 2 unspecified atom stereocenters. The van der Waals surface area contributed by atoms with E-state index < -0.39 is 6.10 Å². The van der Waals surface area contributed by atoms with E-state index in [2.05, 4.69) is 5.32 Å². The number of hydrogen-bond acceptors (Lipinski definition) is 3. The quantitative estimate of drug-likeness (QED) is 0.853. The normalized spacial score (nSPS) is 13.2. The zero-order chi connectivity index (χ0) is 17.7. The summed E-state index contributed by atoms with van der Waals surface area (Å²) in [6.45, 7) is 3.67. The zero-order valence-electron chi connectivity index (χ0n) is 14.0. The summed E-state index contributed by atoms with van der Waals surface area (Å²) >= 11 is 0. The molecule has 5 heteroatoms. The molecule has 2 rings (SSSR count). The molecule has 2 aromatic carbocycles. The molecule has 0 saturated heterocycles. The van der Waals surface area contributed by atoms with Crippen molar-refractivity contribution in [3.8, 4) is 5.75 Å². The summed E-state index contributed by atoms with van der Waals surface area (Å²) in [6.07, 6.45) is -0.426. The average molecular weight is 331 g/mol. The largest absolute Gasteiger partial charge is 0.497 e. The molecule has 0 heterocycles. The lowest BCUT2D eigenvalue weighted by Crippen LogP contribution is -2.34. The number of aliphatic hydroxyl groups excluding tert-OH is 1. The molecule has 2 N–H and O–H groups in total. The molecule has 0 spiro atoms. The number of benzene rings is 2. The number of ether oxygens (including phenoxy) is 1. The predicted octanol–water partition coefficient (Wildman–Crippen LogP) is 3.38. The Morgan fingerprint density at radius 3 is 2.50 bits per heavy atom. The van der Waals surface area contributed by atoms with Gasteiger partial charge in [-0.1, -0.05) is 12.1 Å². The number of carbonyl (C=O) groups is 1. The third-order valence-corrected chi connectivity index (χ3v) is 3.89. The van der Waals surface area contributed by atoms with Crippen LogP contribution in [0.4, 0.5) is 4.39 Å². The highest BCUT2D eigenvalue weighted by Gasteiger charge is 2.16. The summed E-state index contributed by atoms with van der Waals surface area (Å²) in [7, 11) is 1.58. The highest BCUT2D eigenvalue weighted by molar-refractivity contribution is 5.95. The highest BCUT2D eigenvalue weighted by atomic mass is 19.1. The molecule has 0 bridgehead atoms. The van der Waals surface area contributed by atoms with Gasteiger partial charge in [0.2, 0.25) is 0 Å². The average Bonchev–Trinajstić information content (AvgIpc) is 2.54. The van der Waals surface area contributed by atoms with Gasteiger partial charge in [0.1, 0.15) is 11.6 Å². The molecule has 128 valence electrons. The number of halogens is 1. The van der Waals surface area contributed by atoms with Gasteiger partial charge in [-0.25, -0.2) is 4.39 Å². The van der Waals surface area contributed by atoms with Crippen LogP contribution in [0.25, 0.3) is 0 Å². The minimum atomic E-state index is -0.766. The summed E-state index contributed by atoms with van der Waals surface area (Å²) in [4.78, 5) is 12.4. The molecule has 0 aliphatic carbocycles. The maximum absolute atomic E-state index is 12.9. The highest BCUT2D eigenvalue weighted by Crippen LogP contribution is 2.20. The molecule has 4 nitrogen and oxygen atoms in total. The Balaban J connectivity index is 1.97. The van der Waals surface area contributed by atoms with Crippen LogP contribution in [0.1, 0.15) is 40.9 Å². The summed E-state index contributed by atoms with van der Waals surface area (Å²) < 4.78 is 18.0. The van der Waals surface area contributed by atoms with Gasteiger partial charge in [0.25, 0.3) is 5.91 Å².